The lowest BCUT2D eigenvalue weighted by atomic mass is 10.1. The SMILES string of the molecule is CCN1CCCC1Cc1nc2ccc(CN)cn2n1. The van der Waals surface area contributed by atoms with Crippen LogP contribution in [0.15, 0.2) is 18.3 Å². The van der Waals surface area contributed by atoms with Crippen LogP contribution in [-0.4, -0.2) is 38.6 Å². The molecular weight excluding hydrogens is 238 g/mol. The molecule has 0 bridgehead atoms. The Balaban J connectivity index is 1.81. The van der Waals surface area contributed by atoms with Crippen LogP contribution in [0.4, 0.5) is 0 Å². The van der Waals surface area contributed by atoms with E-state index in [1.807, 2.05) is 22.8 Å². The van der Waals surface area contributed by atoms with Crippen molar-refractivity contribution in [2.75, 3.05) is 13.1 Å². The van der Waals surface area contributed by atoms with Gasteiger partial charge in [0.1, 0.15) is 0 Å². The van der Waals surface area contributed by atoms with Gasteiger partial charge < -0.3 is 10.6 Å². The lowest BCUT2D eigenvalue weighted by Crippen LogP contribution is -2.31. The zero-order chi connectivity index (χ0) is 13.2. The minimum atomic E-state index is 0.539. The predicted molar refractivity (Wildman–Crippen MR) is 74.9 cm³/mol. The van der Waals surface area contributed by atoms with Crippen LogP contribution in [0.3, 0.4) is 0 Å². The molecule has 0 amide bonds. The van der Waals surface area contributed by atoms with Gasteiger partial charge in [-0.25, -0.2) is 9.50 Å². The molecular formula is C14H21N5. The summed E-state index contributed by atoms with van der Waals surface area (Å²) in [5.74, 6) is 0.944. The van der Waals surface area contributed by atoms with Crippen LogP contribution >= 0.6 is 0 Å². The second-order valence-electron chi connectivity index (χ2n) is 5.20. The summed E-state index contributed by atoms with van der Waals surface area (Å²) >= 11 is 0. The van der Waals surface area contributed by atoms with Gasteiger partial charge in [0.2, 0.25) is 0 Å². The monoisotopic (exact) mass is 259 g/mol. The first-order valence-corrected chi connectivity index (χ1v) is 7.08. The van der Waals surface area contributed by atoms with Gasteiger partial charge >= 0.3 is 0 Å². The highest BCUT2D eigenvalue weighted by Gasteiger charge is 2.24. The van der Waals surface area contributed by atoms with Gasteiger partial charge in [0.15, 0.2) is 11.5 Å². The minimum absolute atomic E-state index is 0.539. The number of likely N-dealkylation sites (N-methyl/N-ethyl adjacent to an activating group) is 1. The number of hydrogen-bond acceptors (Lipinski definition) is 4. The van der Waals surface area contributed by atoms with Crippen LogP contribution in [0.1, 0.15) is 31.2 Å². The molecule has 0 aliphatic carbocycles. The van der Waals surface area contributed by atoms with Crippen molar-refractivity contribution in [1.82, 2.24) is 19.5 Å². The highest BCUT2D eigenvalue weighted by molar-refractivity contribution is 5.38. The zero-order valence-electron chi connectivity index (χ0n) is 11.4. The van der Waals surface area contributed by atoms with Gasteiger partial charge in [0.25, 0.3) is 0 Å². The maximum absolute atomic E-state index is 5.65. The van der Waals surface area contributed by atoms with E-state index in [1.54, 1.807) is 0 Å². The molecule has 0 radical (unpaired) electrons. The van der Waals surface area contributed by atoms with Crippen molar-refractivity contribution in [2.45, 2.75) is 38.8 Å². The smallest absolute Gasteiger partial charge is 0.155 e. The van der Waals surface area contributed by atoms with Gasteiger partial charge in [-0.2, -0.15) is 5.10 Å². The Bertz CT molecular complexity index is 562. The Labute approximate surface area is 113 Å². The normalized spacial score (nSPS) is 20.4. The zero-order valence-corrected chi connectivity index (χ0v) is 11.4. The molecule has 102 valence electrons. The summed E-state index contributed by atoms with van der Waals surface area (Å²) in [6.07, 6.45) is 5.48. The van der Waals surface area contributed by atoms with Crippen molar-refractivity contribution < 1.29 is 0 Å². The summed E-state index contributed by atoms with van der Waals surface area (Å²) in [5, 5.41) is 4.58. The molecule has 1 unspecified atom stereocenters. The molecule has 3 heterocycles. The van der Waals surface area contributed by atoms with Crippen molar-refractivity contribution in [2.24, 2.45) is 5.73 Å². The molecule has 1 saturated heterocycles. The molecule has 2 aromatic rings. The first kappa shape index (κ1) is 12.6. The third kappa shape index (κ3) is 2.48. The van der Waals surface area contributed by atoms with E-state index in [0.717, 1.165) is 30.0 Å². The van der Waals surface area contributed by atoms with E-state index in [9.17, 15) is 0 Å². The number of nitrogens with zero attached hydrogens (tertiary/aromatic N) is 4. The molecule has 1 fully saturated rings. The average molecular weight is 259 g/mol. The number of rotatable bonds is 4. The number of likely N-dealkylation sites (tertiary alicyclic amines) is 1. The van der Waals surface area contributed by atoms with Gasteiger partial charge in [0, 0.05) is 25.2 Å². The molecule has 5 nitrogen and oxygen atoms in total. The molecule has 0 aromatic carbocycles. The van der Waals surface area contributed by atoms with Gasteiger partial charge in [-0.1, -0.05) is 13.0 Å². The fourth-order valence-electron chi connectivity index (χ4n) is 2.93. The second-order valence-corrected chi connectivity index (χ2v) is 5.20. The van der Waals surface area contributed by atoms with Crippen molar-refractivity contribution in [3.63, 3.8) is 0 Å². The van der Waals surface area contributed by atoms with Crippen LogP contribution in [-0.2, 0) is 13.0 Å². The molecule has 1 aliphatic heterocycles. The molecule has 3 rings (SSSR count). The average Bonchev–Trinajstić information content (AvgIpc) is 3.03. The molecule has 1 aliphatic rings. The highest BCUT2D eigenvalue weighted by atomic mass is 15.3. The quantitative estimate of drug-likeness (QED) is 0.896. The van der Waals surface area contributed by atoms with Crippen LogP contribution < -0.4 is 5.73 Å². The van der Waals surface area contributed by atoms with E-state index < -0.39 is 0 Å². The highest BCUT2D eigenvalue weighted by Crippen LogP contribution is 2.19. The minimum Gasteiger partial charge on any atom is -0.326 e. The fourth-order valence-corrected chi connectivity index (χ4v) is 2.93. The molecule has 5 heteroatoms. The van der Waals surface area contributed by atoms with E-state index in [4.69, 9.17) is 5.73 Å². The molecule has 0 saturated carbocycles. The summed E-state index contributed by atoms with van der Waals surface area (Å²) in [5.41, 5.74) is 7.64. The number of pyridine rings is 1. The summed E-state index contributed by atoms with van der Waals surface area (Å²) in [6.45, 7) is 5.10. The number of hydrogen-bond donors (Lipinski definition) is 1. The third-order valence-corrected chi connectivity index (χ3v) is 4.00. The van der Waals surface area contributed by atoms with Crippen molar-refractivity contribution in [3.05, 3.63) is 29.7 Å². The maximum Gasteiger partial charge on any atom is 0.155 e. The van der Waals surface area contributed by atoms with Gasteiger partial charge in [-0.15, -0.1) is 0 Å². The van der Waals surface area contributed by atoms with Crippen LogP contribution in [0.2, 0.25) is 0 Å². The van der Waals surface area contributed by atoms with Crippen LogP contribution in [0, 0.1) is 0 Å². The van der Waals surface area contributed by atoms with E-state index >= 15 is 0 Å². The van der Waals surface area contributed by atoms with E-state index in [1.165, 1.54) is 19.4 Å². The fraction of sp³-hybridized carbons (Fsp3) is 0.571. The lowest BCUT2D eigenvalue weighted by molar-refractivity contribution is 0.263. The number of fused-ring (bicyclic) bond motifs is 1. The van der Waals surface area contributed by atoms with Crippen LogP contribution in [0.5, 0.6) is 0 Å². The van der Waals surface area contributed by atoms with E-state index in [0.29, 0.717) is 12.6 Å². The maximum atomic E-state index is 5.65. The standard InChI is InChI=1S/C14H21N5/c1-2-18-7-3-4-12(18)8-13-16-14-6-5-11(9-15)10-19(14)17-13/h5-6,10,12H,2-4,7-9,15H2,1H3. The van der Waals surface area contributed by atoms with Crippen molar-refractivity contribution in [1.29, 1.82) is 0 Å². The topological polar surface area (TPSA) is 59.5 Å². The first-order valence-electron chi connectivity index (χ1n) is 7.08. The van der Waals surface area contributed by atoms with Crippen LogP contribution in [0.25, 0.3) is 5.65 Å². The molecule has 19 heavy (non-hydrogen) atoms. The second kappa shape index (κ2) is 5.27. The summed E-state index contributed by atoms with van der Waals surface area (Å²) in [7, 11) is 0. The Morgan fingerprint density at radius 3 is 3.11 bits per heavy atom. The Kier molecular flexibility index (Phi) is 3.48. The van der Waals surface area contributed by atoms with Gasteiger partial charge in [-0.05, 0) is 37.6 Å². The number of aromatic nitrogens is 3. The molecule has 1 atom stereocenters. The van der Waals surface area contributed by atoms with Crippen molar-refractivity contribution in [3.8, 4) is 0 Å². The Morgan fingerprint density at radius 1 is 1.42 bits per heavy atom. The predicted octanol–water partition coefficient (Wildman–Crippen LogP) is 1.21. The molecule has 0 spiro atoms. The first-order chi connectivity index (χ1) is 9.30. The van der Waals surface area contributed by atoms with Gasteiger partial charge in [0.05, 0.1) is 0 Å². The molecule has 2 N–H and O–H groups in total. The summed E-state index contributed by atoms with van der Waals surface area (Å²) < 4.78 is 1.85. The number of nitrogens with two attached hydrogens (primary N) is 1. The Hall–Kier alpha value is -1.46. The van der Waals surface area contributed by atoms with Crippen molar-refractivity contribution >= 4 is 5.65 Å². The summed E-state index contributed by atoms with van der Waals surface area (Å²) in [6, 6.07) is 4.61. The summed E-state index contributed by atoms with van der Waals surface area (Å²) in [4.78, 5) is 7.13. The van der Waals surface area contributed by atoms with E-state index in [2.05, 4.69) is 21.9 Å². The largest absolute Gasteiger partial charge is 0.326 e. The molecule has 2 aromatic heterocycles. The lowest BCUT2D eigenvalue weighted by Gasteiger charge is -2.21. The van der Waals surface area contributed by atoms with Gasteiger partial charge in [-0.3, -0.25) is 0 Å². The Morgan fingerprint density at radius 2 is 2.32 bits per heavy atom. The third-order valence-electron chi connectivity index (χ3n) is 4.00. The van der Waals surface area contributed by atoms with E-state index in [-0.39, 0.29) is 0 Å².